The second-order valence-corrected chi connectivity index (χ2v) is 2.69. The second kappa shape index (κ2) is 3.18. The van der Waals surface area contributed by atoms with E-state index in [0.29, 0.717) is 4.67 Å². The Morgan fingerprint density at radius 3 is 2.90 bits per heavy atom. The lowest BCUT2D eigenvalue weighted by molar-refractivity contribution is -0.253. The third kappa shape index (κ3) is 1.59. The van der Waals surface area contributed by atoms with E-state index in [0.717, 1.165) is 11.3 Å². The molecule has 1 N–H and O–H groups in total. The van der Waals surface area contributed by atoms with Crippen molar-refractivity contribution in [3.8, 4) is 0 Å². The molecule has 0 bridgehead atoms. The average molecular weight is 207 g/mol. The maximum absolute atomic E-state index is 8.10. The van der Waals surface area contributed by atoms with Gasteiger partial charge in [-0.15, -0.1) is 0 Å². The lowest BCUT2D eigenvalue weighted by Crippen LogP contribution is -1.86. The van der Waals surface area contributed by atoms with Crippen LogP contribution in [0.1, 0.15) is 11.3 Å². The Hall–Kier alpha value is -0.320. The molecule has 0 fully saturated rings. The normalized spacial score (nSPS) is 10.3. The molecule has 0 saturated heterocycles. The van der Waals surface area contributed by atoms with Crippen molar-refractivity contribution in [2.24, 2.45) is 0 Å². The predicted octanol–water partition coefficient (Wildman–Crippen LogP) is 2.34. The van der Waals surface area contributed by atoms with Gasteiger partial charge >= 0.3 is 0 Å². The molecule has 1 heterocycles. The maximum Gasteiger partial charge on any atom is 0.169 e. The molecule has 0 spiro atoms. The monoisotopic (exact) mass is 206 g/mol. The molecule has 0 radical (unpaired) electrons. The standard InChI is InChI=1S/C6H7BrO3/c1-4-5(3-9-8)2-6(7)10-4/h2,8H,3H2,1H3. The van der Waals surface area contributed by atoms with Gasteiger partial charge in [0.2, 0.25) is 0 Å². The Morgan fingerprint density at radius 2 is 2.50 bits per heavy atom. The Bertz CT molecular complexity index is 219. The van der Waals surface area contributed by atoms with Gasteiger partial charge in [-0.3, -0.25) is 5.26 Å². The minimum Gasteiger partial charge on any atom is -0.454 e. The molecule has 1 aromatic rings. The number of furan rings is 1. The fourth-order valence-corrected chi connectivity index (χ4v) is 1.21. The van der Waals surface area contributed by atoms with Crippen molar-refractivity contribution in [1.29, 1.82) is 0 Å². The first-order valence-electron chi connectivity index (χ1n) is 2.75. The summed E-state index contributed by atoms with van der Waals surface area (Å²) in [5, 5.41) is 8.10. The van der Waals surface area contributed by atoms with E-state index in [1.807, 2.05) is 0 Å². The Balaban J connectivity index is 2.81. The highest BCUT2D eigenvalue weighted by Gasteiger charge is 2.03. The third-order valence-corrected chi connectivity index (χ3v) is 1.60. The minimum absolute atomic E-state index is 0.168. The van der Waals surface area contributed by atoms with Crippen LogP contribution in [0.3, 0.4) is 0 Å². The predicted molar refractivity (Wildman–Crippen MR) is 38.6 cm³/mol. The van der Waals surface area contributed by atoms with Crippen LogP contribution >= 0.6 is 15.9 Å². The van der Waals surface area contributed by atoms with E-state index in [-0.39, 0.29) is 6.61 Å². The molecule has 0 aliphatic rings. The summed E-state index contributed by atoms with van der Waals surface area (Å²) in [5.41, 5.74) is 0.842. The van der Waals surface area contributed by atoms with Gasteiger partial charge < -0.3 is 4.42 Å². The van der Waals surface area contributed by atoms with Gasteiger partial charge in [-0.1, -0.05) is 0 Å². The average Bonchev–Trinajstić information content (AvgIpc) is 2.13. The van der Waals surface area contributed by atoms with E-state index < -0.39 is 0 Å². The first-order valence-corrected chi connectivity index (χ1v) is 3.54. The Morgan fingerprint density at radius 1 is 1.80 bits per heavy atom. The molecule has 1 rings (SSSR count). The van der Waals surface area contributed by atoms with Crippen LogP contribution in [0.5, 0.6) is 0 Å². The summed E-state index contributed by atoms with van der Waals surface area (Å²) >= 11 is 3.15. The summed E-state index contributed by atoms with van der Waals surface area (Å²) in [7, 11) is 0. The fourth-order valence-electron chi connectivity index (χ4n) is 0.693. The highest BCUT2D eigenvalue weighted by molar-refractivity contribution is 9.10. The van der Waals surface area contributed by atoms with Crippen molar-refractivity contribution in [3.05, 3.63) is 22.1 Å². The van der Waals surface area contributed by atoms with E-state index in [1.54, 1.807) is 13.0 Å². The van der Waals surface area contributed by atoms with Crippen molar-refractivity contribution >= 4 is 15.9 Å². The van der Waals surface area contributed by atoms with Crippen molar-refractivity contribution < 1.29 is 14.6 Å². The molecule has 3 nitrogen and oxygen atoms in total. The zero-order valence-corrected chi connectivity index (χ0v) is 7.01. The van der Waals surface area contributed by atoms with Gasteiger partial charge in [0.25, 0.3) is 0 Å². The number of hydrogen-bond acceptors (Lipinski definition) is 3. The second-order valence-electron chi connectivity index (χ2n) is 1.91. The first kappa shape index (κ1) is 7.78. The smallest absolute Gasteiger partial charge is 0.169 e. The van der Waals surface area contributed by atoms with Crippen LogP contribution in [0.25, 0.3) is 0 Å². The number of aryl methyl sites for hydroxylation is 1. The quantitative estimate of drug-likeness (QED) is 0.597. The third-order valence-electron chi connectivity index (χ3n) is 1.21. The molecule has 0 atom stereocenters. The van der Waals surface area contributed by atoms with Gasteiger partial charge in [0.05, 0.1) is 0 Å². The van der Waals surface area contributed by atoms with Crippen LogP contribution in [0.15, 0.2) is 15.2 Å². The summed E-state index contributed by atoms with van der Waals surface area (Å²) < 4.78 is 5.74. The van der Waals surface area contributed by atoms with Gasteiger partial charge in [0.15, 0.2) is 4.67 Å². The summed E-state index contributed by atoms with van der Waals surface area (Å²) in [6.07, 6.45) is 0. The van der Waals surface area contributed by atoms with Gasteiger partial charge in [-0.2, -0.15) is 0 Å². The fraction of sp³-hybridized carbons (Fsp3) is 0.333. The van der Waals surface area contributed by atoms with Gasteiger partial charge in [-0.05, 0) is 28.9 Å². The summed E-state index contributed by atoms with van der Waals surface area (Å²) in [4.78, 5) is 3.94. The van der Waals surface area contributed by atoms with Gasteiger partial charge in [-0.25, -0.2) is 4.89 Å². The molecule has 56 valence electrons. The molecule has 0 saturated carbocycles. The van der Waals surface area contributed by atoms with E-state index in [1.165, 1.54) is 0 Å². The highest BCUT2D eigenvalue weighted by atomic mass is 79.9. The molecule has 0 amide bonds. The highest BCUT2D eigenvalue weighted by Crippen LogP contribution is 2.19. The van der Waals surface area contributed by atoms with Crippen molar-refractivity contribution in [2.75, 3.05) is 0 Å². The van der Waals surface area contributed by atoms with Crippen LogP contribution in [-0.2, 0) is 11.5 Å². The minimum atomic E-state index is 0.168. The van der Waals surface area contributed by atoms with E-state index >= 15 is 0 Å². The van der Waals surface area contributed by atoms with E-state index in [9.17, 15) is 0 Å². The van der Waals surface area contributed by atoms with Crippen LogP contribution in [0, 0.1) is 6.92 Å². The molecule has 10 heavy (non-hydrogen) atoms. The van der Waals surface area contributed by atoms with Crippen LogP contribution in [0.4, 0.5) is 0 Å². The molecular formula is C6H7BrO3. The Kier molecular flexibility index (Phi) is 2.48. The topological polar surface area (TPSA) is 42.6 Å². The molecule has 4 heteroatoms. The molecule has 1 aromatic heterocycles. The number of rotatable bonds is 2. The zero-order valence-electron chi connectivity index (χ0n) is 5.43. The largest absolute Gasteiger partial charge is 0.454 e. The molecule has 0 aromatic carbocycles. The first-order chi connectivity index (χ1) is 4.74. The summed E-state index contributed by atoms with van der Waals surface area (Å²) in [6.45, 7) is 1.97. The lowest BCUT2D eigenvalue weighted by atomic mass is 10.3. The molecule has 0 unspecified atom stereocenters. The number of hydrogen-bond donors (Lipinski definition) is 1. The SMILES string of the molecule is Cc1oc(Br)cc1COO. The number of halogens is 1. The lowest BCUT2D eigenvalue weighted by Gasteiger charge is -1.90. The summed E-state index contributed by atoms with van der Waals surface area (Å²) in [6, 6.07) is 1.76. The van der Waals surface area contributed by atoms with Crippen molar-refractivity contribution in [3.63, 3.8) is 0 Å². The molecular weight excluding hydrogens is 200 g/mol. The maximum atomic E-state index is 8.10. The van der Waals surface area contributed by atoms with Crippen LogP contribution in [-0.4, -0.2) is 5.26 Å². The van der Waals surface area contributed by atoms with E-state index in [4.69, 9.17) is 9.67 Å². The van der Waals surface area contributed by atoms with Gasteiger partial charge in [0.1, 0.15) is 12.4 Å². The van der Waals surface area contributed by atoms with Crippen LogP contribution in [0.2, 0.25) is 0 Å². The Labute approximate surface area is 66.7 Å². The van der Waals surface area contributed by atoms with Gasteiger partial charge in [0, 0.05) is 5.56 Å². The van der Waals surface area contributed by atoms with Crippen molar-refractivity contribution in [2.45, 2.75) is 13.5 Å². The molecule has 0 aliphatic carbocycles. The van der Waals surface area contributed by atoms with E-state index in [2.05, 4.69) is 20.8 Å². The summed E-state index contributed by atoms with van der Waals surface area (Å²) in [5.74, 6) is 0.751. The zero-order chi connectivity index (χ0) is 7.56. The van der Waals surface area contributed by atoms with Crippen molar-refractivity contribution in [1.82, 2.24) is 0 Å². The van der Waals surface area contributed by atoms with Crippen LogP contribution < -0.4 is 0 Å². The molecule has 0 aliphatic heterocycles.